The van der Waals surface area contributed by atoms with E-state index in [-0.39, 0.29) is 0 Å². The molecule has 0 radical (unpaired) electrons. The number of alkyl halides is 3. The predicted molar refractivity (Wildman–Crippen MR) is 59.8 cm³/mol. The smallest absolute Gasteiger partial charge is 0.391 e. The van der Waals surface area contributed by atoms with Gasteiger partial charge >= 0.3 is 6.18 Å². The maximum absolute atomic E-state index is 12.5. The van der Waals surface area contributed by atoms with Crippen LogP contribution in [0, 0.1) is 0 Å². The van der Waals surface area contributed by atoms with Gasteiger partial charge in [0.05, 0.1) is 31.5 Å². The molecule has 0 amide bonds. The Bertz CT molecular complexity index is 378. The summed E-state index contributed by atoms with van der Waals surface area (Å²) >= 11 is 0. The lowest BCUT2D eigenvalue weighted by Crippen LogP contribution is -2.33. The molecule has 8 heteroatoms. The van der Waals surface area contributed by atoms with Crippen LogP contribution in [0.4, 0.5) is 13.2 Å². The number of hydrogen-bond acceptors (Lipinski definition) is 4. The fourth-order valence-corrected chi connectivity index (χ4v) is 1.74. The molecule has 0 aromatic carbocycles. The number of nitrogens with zero attached hydrogens (tertiary/aromatic N) is 2. The third kappa shape index (κ3) is 3.61. The number of rotatable bonds is 6. The summed E-state index contributed by atoms with van der Waals surface area (Å²) in [6, 6.07) is -1.08. The molecule has 0 saturated heterocycles. The van der Waals surface area contributed by atoms with Gasteiger partial charge in [-0.25, -0.2) is 0 Å². The first-order chi connectivity index (χ1) is 8.42. The number of nitrogens with two attached hydrogens (primary N) is 1. The van der Waals surface area contributed by atoms with E-state index in [4.69, 9.17) is 10.6 Å². The first-order valence-corrected chi connectivity index (χ1v) is 5.55. The topological polar surface area (TPSA) is 65.1 Å². The van der Waals surface area contributed by atoms with E-state index in [2.05, 4.69) is 10.5 Å². The number of aryl methyl sites for hydroxylation is 1. The van der Waals surface area contributed by atoms with E-state index in [0.29, 0.717) is 18.0 Å². The van der Waals surface area contributed by atoms with Crippen molar-refractivity contribution in [2.75, 3.05) is 7.11 Å². The van der Waals surface area contributed by atoms with Crippen molar-refractivity contribution >= 4 is 0 Å². The van der Waals surface area contributed by atoms with Crippen LogP contribution in [0.3, 0.4) is 0 Å². The molecule has 18 heavy (non-hydrogen) atoms. The van der Waals surface area contributed by atoms with Gasteiger partial charge in [0.2, 0.25) is 0 Å². The average molecular weight is 266 g/mol. The highest BCUT2D eigenvalue weighted by atomic mass is 19.4. The van der Waals surface area contributed by atoms with E-state index < -0.39 is 18.6 Å². The summed E-state index contributed by atoms with van der Waals surface area (Å²) in [5, 5.41) is 4.00. The Morgan fingerprint density at radius 1 is 1.56 bits per heavy atom. The minimum absolute atomic E-state index is 0.302. The molecular formula is C10H17F3N4O. The highest BCUT2D eigenvalue weighted by Gasteiger charge is 2.35. The van der Waals surface area contributed by atoms with Crippen LogP contribution in [-0.4, -0.2) is 23.1 Å². The summed E-state index contributed by atoms with van der Waals surface area (Å²) in [5.41, 5.74) is 2.49. The summed E-state index contributed by atoms with van der Waals surface area (Å²) in [4.78, 5) is 0. The van der Waals surface area contributed by atoms with Gasteiger partial charge in [0.15, 0.2) is 5.75 Å². The fraction of sp³-hybridized carbons (Fsp3) is 0.700. The predicted octanol–water partition coefficient (Wildman–Crippen LogP) is 1.76. The number of ether oxygens (including phenoxy) is 1. The number of hydrogen-bond donors (Lipinski definition) is 2. The van der Waals surface area contributed by atoms with Crippen LogP contribution in [0.25, 0.3) is 0 Å². The SMILES string of the molecule is CCCn1ncc(OC)c1C(CC(F)(F)F)NN. The van der Waals surface area contributed by atoms with Gasteiger partial charge in [-0.3, -0.25) is 16.0 Å². The monoisotopic (exact) mass is 266 g/mol. The molecule has 1 atom stereocenters. The Kier molecular flexibility index (Phi) is 4.97. The van der Waals surface area contributed by atoms with Gasteiger partial charge in [-0.05, 0) is 6.42 Å². The molecule has 0 saturated carbocycles. The average Bonchev–Trinajstić information content (AvgIpc) is 2.68. The van der Waals surface area contributed by atoms with E-state index in [1.165, 1.54) is 18.0 Å². The van der Waals surface area contributed by atoms with Gasteiger partial charge in [-0.2, -0.15) is 18.3 Å². The Morgan fingerprint density at radius 2 is 2.22 bits per heavy atom. The van der Waals surface area contributed by atoms with Crippen molar-refractivity contribution in [3.05, 3.63) is 11.9 Å². The van der Waals surface area contributed by atoms with Gasteiger partial charge in [-0.15, -0.1) is 0 Å². The highest BCUT2D eigenvalue weighted by molar-refractivity contribution is 5.28. The Hall–Kier alpha value is -1.28. The van der Waals surface area contributed by atoms with Gasteiger partial charge < -0.3 is 4.74 Å². The van der Waals surface area contributed by atoms with Gasteiger partial charge in [-0.1, -0.05) is 6.92 Å². The molecule has 0 spiro atoms. The molecule has 1 heterocycles. The molecule has 0 bridgehead atoms. The zero-order valence-electron chi connectivity index (χ0n) is 10.3. The minimum atomic E-state index is -4.32. The second kappa shape index (κ2) is 6.05. The first-order valence-electron chi connectivity index (χ1n) is 5.55. The van der Waals surface area contributed by atoms with Gasteiger partial charge in [0, 0.05) is 6.54 Å². The van der Waals surface area contributed by atoms with Crippen LogP contribution >= 0.6 is 0 Å². The zero-order chi connectivity index (χ0) is 13.8. The Morgan fingerprint density at radius 3 is 2.67 bits per heavy atom. The van der Waals surface area contributed by atoms with Crippen LogP contribution in [0.15, 0.2) is 6.20 Å². The third-order valence-corrected chi connectivity index (χ3v) is 2.47. The molecule has 3 N–H and O–H groups in total. The van der Waals surface area contributed by atoms with Crippen LogP contribution in [0.1, 0.15) is 31.5 Å². The molecule has 0 aliphatic carbocycles. The Labute approximate surface area is 103 Å². The zero-order valence-corrected chi connectivity index (χ0v) is 10.3. The molecule has 1 unspecified atom stereocenters. The number of aromatic nitrogens is 2. The normalized spacial score (nSPS) is 13.7. The van der Waals surface area contributed by atoms with E-state index in [1.54, 1.807) is 0 Å². The summed E-state index contributed by atoms with van der Waals surface area (Å²) in [5.74, 6) is 5.51. The number of nitrogens with one attached hydrogen (secondary N) is 1. The number of halogens is 3. The van der Waals surface area contributed by atoms with Gasteiger partial charge in [0.1, 0.15) is 0 Å². The van der Waals surface area contributed by atoms with E-state index in [1.807, 2.05) is 6.92 Å². The largest absolute Gasteiger partial charge is 0.493 e. The summed E-state index contributed by atoms with van der Waals surface area (Å²) in [6.45, 7) is 2.42. The Balaban J connectivity index is 3.05. The van der Waals surface area contributed by atoms with Crippen molar-refractivity contribution in [1.29, 1.82) is 0 Å². The lowest BCUT2D eigenvalue weighted by Gasteiger charge is -2.20. The summed E-state index contributed by atoms with van der Waals surface area (Å²) in [6.07, 6.45) is -3.24. The molecule has 1 rings (SSSR count). The standard InChI is InChI=1S/C10H17F3N4O/c1-3-4-17-9(8(18-2)6-15-17)7(16-14)5-10(11,12)13/h6-7,16H,3-5,14H2,1-2H3. The molecule has 5 nitrogen and oxygen atoms in total. The second-order valence-corrected chi connectivity index (χ2v) is 3.86. The van der Waals surface area contributed by atoms with E-state index in [0.717, 1.165) is 6.42 Å². The van der Waals surface area contributed by atoms with Crippen molar-refractivity contribution in [2.24, 2.45) is 5.84 Å². The van der Waals surface area contributed by atoms with Crippen LogP contribution in [0.5, 0.6) is 5.75 Å². The molecule has 1 aromatic heterocycles. The number of methoxy groups -OCH3 is 1. The summed E-state index contributed by atoms with van der Waals surface area (Å²) < 4.78 is 43.9. The van der Waals surface area contributed by atoms with Crippen molar-refractivity contribution in [1.82, 2.24) is 15.2 Å². The molecule has 0 fully saturated rings. The quantitative estimate of drug-likeness (QED) is 0.608. The summed E-state index contributed by atoms with van der Waals surface area (Å²) in [7, 11) is 1.39. The number of hydrazine groups is 1. The van der Waals surface area contributed by atoms with E-state index >= 15 is 0 Å². The third-order valence-electron chi connectivity index (χ3n) is 2.47. The fourth-order valence-electron chi connectivity index (χ4n) is 1.74. The molecule has 1 aromatic rings. The van der Waals surface area contributed by atoms with Crippen molar-refractivity contribution in [2.45, 2.75) is 38.5 Å². The lowest BCUT2D eigenvalue weighted by atomic mass is 10.1. The highest BCUT2D eigenvalue weighted by Crippen LogP contribution is 2.33. The van der Waals surface area contributed by atoms with E-state index in [9.17, 15) is 13.2 Å². The van der Waals surface area contributed by atoms with Gasteiger partial charge in [0.25, 0.3) is 0 Å². The van der Waals surface area contributed by atoms with Crippen molar-refractivity contribution in [3.63, 3.8) is 0 Å². The second-order valence-electron chi connectivity index (χ2n) is 3.86. The molecule has 104 valence electrons. The molecule has 0 aliphatic rings. The minimum Gasteiger partial charge on any atom is -0.493 e. The van der Waals surface area contributed by atoms with Crippen molar-refractivity contribution < 1.29 is 17.9 Å². The maximum atomic E-state index is 12.5. The maximum Gasteiger partial charge on any atom is 0.391 e. The van der Waals surface area contributed by atoms with Crippen molar-refractivity contribution in [3.8, 4) is 5.75 Å². The first kappa shape index (κ1) is 14.8. The van der Waals surface area contributed by atoms with Crippen LogP contribution < -0.4 is 16.0 Å². The molecular weight excluding hydrogens is 249 g/mol. The molecule has 0 aliphatic heterocycles. The lowest BCUT2D eigenvalue weighted by molar-refractivity contribution is -0.141. The van der Waals surface area contributed by atoms with Crippen LogP contribution in [-0.2, 0) is 6.54 Å². The van der Waals surface area contributed by atoms with Crippen LogP contribution in [0.2, 0.25) is 0 Å².